The van der Waals surface area contributed by atoms with Crippen molar-refractivity contribution < 1.29 is 19.0 Å². The first-order chi connectivity index (χ1) is 14.2. The van der Waals surface area contributed by atoms with E-state index < -0.39 is 0 Å². The molecule has 1 unspecified atom stereocenters. The molecule has 0 radical (unpaired) electrons. The molecule has 29 heavy (non-hydrogen) atoms. The van der Waals surface area contributed by atoms with E-state index >= 15 is 0 Å². The first-order valence-electron chi connectivity index (χ1n) is 10.3. The molecule has 3 N–H and O–H groups in total. The number of carbonyl (C=O) groups excluding carboxylic acids is 1. The summed E-state index contributed by atoms with van der Waals surface area (Å²) in [7, 11) is 1.66. The van der Waals surface area contributed by atoms with E-state index in [9.17, 15) is 4.79 Å². The lowest BCUT2D eigenvalue weighted by molar-refractivity contribution is -0.124. The van der Waals surface area contributed by atoms with Crippen molar-refractivity contribution in [3.8, 4) is 0 Å². The van der Waals surface area contributed by atoms with E-state index in [4.69, 9.17) is 14.2 Å². The summed E-state index contributed by atoms with van der Waals surface area (Å²) >= 11 is 0. The van der Waals surface area contributed by atoms with Crippen molar-refractivity contribution in [1.82, 2.24) is 10.6 Å². The zero-order chi connectivity index (χ0) is 20.7. The third-order valence-corrected chi connectivity index (χ3v) is 4.37. The Bertz CT molecular complexity index is 633. The molecule has 1 aliphatic heterocycles. The van der Waals surface area contributed by atoms with Gasteiger partial charge in [-0.1, -0.05) is 12.1 Å². The van der Waals surface area contributed by atoms with Gasteiger partial charge < -0.3 is 30.2 Å². The van der Waals surface area contributed by atoms with Gasteiger partial charge in [0.2, 0.25) is 0 Å². The molecule has 0 aliphatic carbocycles. The minimum absolute atomic E-state index is 0.0779. The summed E-state index contributed by atoms with van der Waals surface area (Å²) in [5, 5.41) is 9.48. The number of anilines is 1. The molecule has 1 atom stereocenters. The predicted molar refractivity (Wildman–Crippen MR) is 114 cm³/mol. The van der Waals surface area contributed by atoms with Gasteiger partial charge in [-0.25, -0.2) is 4.99 Å². The van der Waals surface area contributed by atoms with Crippen LogP contribution in [-0.4, -0.2) is 64.6 Å². The van der Waals surface area contributed by atoms with Crippen LogP contribution in [0.4, 0.5) is 5.69 Å². The minimum Gasteiger partial charge on any atom is -0.382 e. The predicted octanol–water partition coefficient (Wildman–Crippen LogP) is 1.91. The lowest BCUT2D eigenvalue weighted by atomic mass is 10.2. The fraction of sp³-hybridized carbons (Fsp3) is 0.619. The standard InChI is InChI=1S/C21H34N4O4/c1-3-22-21(23-10-6-11-28-14-13-27-2)24-16-17-7-4-8-18(15-17)25-20(26)19-9-5-12-29-19/h4,7-8,15,19H,3,5-6,9-14,16H2,1-2H3,(H,25,26)(H2,22,23,24). The number of benzene rings is 1. The highest BCUT2D eigenvalue weighted by atomic mass is 16.5. The Morgan fingerprint density at radius 2 is 2.17 bits per heavy atom. The molecule has 0 bridgehead atoms. The first-order valence-corrected chi connectivity index (χ1v) is 10.3. The Balaban J connectivity index is 1.79. The molecule has 0 spiro atoms. The van der Waals surface area contributed by atoms with Gasteiger partial charge in [0, 0.05) is 39.1 Å². The van der Waals surface area contributed by atoms with E-state index in [1.165, 1.54) is 0 Å². The summed E-state index contributed by atoms with van der Waals surface area (Å²) in [4.78, 5) is 16.8. The molecule has 8 nitrogen and oxygen atoms in total. The van der Waals surface area contributed by atoms with Crippen molar-refractivity contribution in [1.29, 1.82) is 0 Å². The number of nitrogens with zero attached hydrogens (tertiary/aromatic N) is 1. The van der Waals surface area contributed by atoms with Crippen LogP contribution in [0.2, 0.25) is 0 Å². The molecule has 8 heteroatoms. The van der Waals surface area contributed by atoms with Crippen LogP contribution >= 0.6 is 0 Å². The van der Waals surface area contributed by atoms with Crippen molar-refractivity contribution in [3.63, 3.8) is 0 Å². The Kier molecular flexibility index (Phi) is 11.1. The van der Waals surface area contributed by atoms with E-state index in [0.717, 1.165) is 49.6 Å². The molecule has 0 saturated carbocycles. The van der Waals surface area contributed by atoms with Gasteiger partial charge in [-0.2, -0.15) is 0 Å². The molecule has 1 aromatic carbocycles. The number of amides is 1. The van der Waals surface area contributed by atoms with E-state index in [0.29, 0.717) is 33.0 Å². The van der Waals surface area contributed by atoms with Crippen LogP contribution in [0, 0.1) is 0 Å². The minimum atomic E-state index is -0.334. The fourth-order valence-corrected chi connectivity index (χ4v) is 2.89. The zero-order valence-corrected chi connectivity index (χ0v) is 17.5. The topological polar surface area (TPSA) is 93.2 Å². The highest BCUT2D eigenvalue weighted by Crippen LogP contribution is 2.16. The van der Waals surface area contributed by atoms with Crippen molar-refractivity contribution in [2.75, 3.05) is 51.9 Å². The van der Waals surface area contributed by atoms with Crippen molar-refractivity contribution in [2.24, 2.45) is 4.99 Å². The molecule has 1 heterocycles. The van der Waals surface area contributed by atoms with Crippen molar-refractivity contribution in [2.45, 2.75) is 38.8 Å². The Morgan fingerprint density at radius 3 is 2.93 bits per heavy atom. The van der Waals surface area contributed by atoms with Gasteiger partial charge >= 0.3 is 0 Å². The summed E-state index contributed by atoms with van der Waals surface area (Å²) in [5.74, 6) is 0.684. The summed E-state index contributed by atoms with van der Waals surface area (Å²) in [6.07, 6.45) is 2.27. The third kappa shape index (κ3) is 9.25. The first kappa shape index (κ1) is 23.1. The largest absolute Gasteiger partial charge is 0.382 e. The molecule has 1 fully saturated rings. The van der Waals surface area contributed by atoms with Gasteiger partial charge in [0.15, 0.2) is 5.96 Å². The quantitative estimate of drug-likeness (QED) is 0.279. The lowest BCUT2D eigenvalue weighted by Crippen LogP contribution is -2.38. The van der Waals surface area contributed by atoms with Gasteiger partial charge in [0.1, 0.15) is 6.10 Å². The number of aliphatic imine (C=N–C) groups is 1. The third-order valence-electron chi connectivity index (χ3n) is 4.37. The maximum atomic E-state index is 12.2. The van der Waals surface area contributed by atoms with Crippen LogP contribution in [0.1, 0.15) is 31.7 Å². The molecule has 162 valence electrons. The van der Waals surface area contributed by atoms with Crippen molar-refractivity contribution in [3.05, 3.63) is 29.8 Å². The molecule has 2 rings (SSSR count). The average molecular weight is 407 g/mol. The number of nitrogens with one attached hydrogen (secondary N) is 3. The molecule has 1 saturated heterocycles. The van der Waals surface area contributed by atoms with Gasteiger partial charge in [-0.15, -0.1) is 0 Å². The Morgan fingerprint density at radius 1 is 1.28 bits per heavy atom. The second kappa shape index (κ2) is 13.9. The molecule has 1 amide bonds. The van der Waals surface area contributed by atoms with Crippen LogP contribution in [0.25, 0.3) is 0 Å². The van der Waals surface area contributed by atoms with Gasteiger partial charge in [-0.05, 0) is 43.9 Å². The summed E-state index contributed by atoms with van der Waals surface area (Å²) in [5.41, 5.74) is 1.79. The SMILES string of the molecule is CCNC(=NCc1cccc(NC(=O)C2CCCO2)c1)NCCCOCCOC. The van der Waals surface area contributed by atoms with Crippen LogP contribution < -0.4 is 16.0 Å². The van der Waals surface area contributed by atoms with Crippen LogP contribution in [-0.2, 0) is 25.5 Å². The maximum absolute atomic E-state index is 12.2. The molecular formula is C21H34N4O4. The number of hydrogen-bond acceptors (Lipinski definition) is 5. The Hall–Kier alpha value is -2.16. The molecular weight excluding hydrogens is 372 g/mol. The summed E-state index contributed by atoms with van der Waals surface area (Å²) < 4.78 is 15.8. The zero-order valence-electron chi connectivity index (χ0n) is 17.5. The van der Waals surface area contributed by atoms with E-state index in [1.807, 2.05) is 31.2 Å². The van der Waals surface area contributed by atoms with E-state index in [1.54, 1.807) is 7.11 Å². The van der Waals surface area contributed by atoms with Crippen LogP contribution in [0.5, 0.6) is 0 Å². The smallest absolute Gasteiger partial charge is 0.253 e. The maximum Gasteiger partial charge on any atom is 0.253 e. The van der Waals surface area contributed by atoms with E-state index in [-0.39, 0.29) is 12.0 Å². The monoisotopic (exact) mass is 406 g/mol. The second-order valence-electron chi connectivity index (χ2n) is 6.77. The summed E-state index contributed by atoms with van der Waals surface area (Å²) in [6, 6.07) is 7.75. The van der Waals surface area contributed by atoms with Gasteiger partial charge in [0.05, 0.1) is 19.8 Å². The molecule has 1 aliphatic rings. The normalized spacial score (nSPS) is 16.6. The van der Waals surface area contributed by atoms with Gasteiger partial charge in [0.25, 0.3) is 5.91 Å². The second-order valence-corrected chi connectivity index (χ2v) is 6.77. The Labute approximate surface area is 173 Å². The lowest BCUT2D eigenvalue weighted by Gasteiger charge is -2.12. The molecule has 1 aromatic rings. The highest BCUT2D eigenvalue weighted by molar-refractivity contribution is 5.94. The molecule has 0 aromatic heterocycles. The number of rotatable bonds is 12. The number of carbonyl (C=O) groups is 1. The van der Waals surface area contributed by atoms with E-state index in [2.05, 4.69) is 20.9 Å². The van der Waals surface area contributed by atoms with Gasteiger partial charge in [-0.3, -0.25) is 4.79 Å². The average Bonchev–Trinajstić information content (AvgIpc) is 3.26. The highest BCUT2D eigenvalue weighted by Gasteiger charge is 2.23. The fourth-order valence-electron chi connectivity index (χ4n) is 2.89. The number of guanidine groups is 1. The number of methoxy groups -OCH3 is 1. The van der Waals surface area contributed by atoms with Crippen molar-refractivity contribution >= 4 is 17.6 Å². The summed E-state index contributed by atoms with van der Waals surface area (Å²) in [6.45, 7) is 6.68. The van der Waals surface area contributed by atoms with Crippen LogP contribution in [0.15, 0.2) is 29.3 Å². The number of hydrogen-bond donors (Lipinski definition) is 3. The number of ether oxygens (including phenoxy) is 3. The van der Waals surface area contributed by atoms with Crippen LogP contribution in [0.3, 0.4) is 0 Å².